The smallest absolute Gasteiger partial charge is 0.369 e. The third-order valence-electron chi connectivity index (χ3n) is 1.98. The summed E-state index contributed by atoms with van der Waals surface area (Å²) in [5.74, 6) is -0.583. The van der Waals surface area contributed by atoms with Crippen molar-refractivity contribution in [3.05, 3.63) is 29.8 Å². The number of carbonyl (C=O) groups excluding carboxylic acids is 1. The number of amides is 1. The number of aryl methyl sites for hydroxylation is 1. The Labute approximate surface area is 127 Å². The Bertz CT molecular complexity index is 627. The minimum Gasteiger partial charge on any atom is -0.369 e. The van der Waals surface area contributed by atoms with Crippen molar-refractivity contribution >= 4 is 34.2 Å². The highest BCUT2D eigenvalue weighted by molar-refractivity contribution is 7.79. The fourth-order valence-corrected chi connectivity index (χ4v) is 1.15. The number of hydrogen-bond donors (Lipinski definition) is 5. The molecular weight excluding hydrogens is 314 g/mol. The molecule has 1 amide bonds. The first-order chi connectivity index (χ1) is 10.1. The van der Waals surface area contributed by atoms with Crippen molar-refractivity contribution in [1.29, 1.82) is 0 Å². The van der Waals surface area contributed by atoms with Crippen molar-refractivity contribution in [2.24, 2.45) is 21.7 Å². The summed E-state index contributed by atoms with van der Waals surface area (Å²) in [6.07, 6.45) is 1.97. The van der Waals surface area contributed by atoms with Gasteiger partial charge in [0.25, 0.3) is 5.91 Å². The molecule has 22 heavy (non-hydrogen) atoms. The van der Waals surface area contributed by atoms with E-state index in [9.17, 15) is 4.79 Å². The number of benzene rings is 1. The summed E-state index contributed by atoms with van der Waals surface area (Å²) < 4.78 is 31.6. The Morgan fingerprint density at radius 2 is 1.77 bits per heavy atom. The van der Waals surface area contributed by atoms with Gasteiger partial charge in [-0.1, -0.05) is 19.1 Å². The molecule has 1 aromatic carbocycles. The summed E-state index contributed by atoms with van der Waals surface area (Å²) in [7, 11) is -4.67. The Balaban J connectivity index is 0.000000763. The van der Waals surface area contributed by atoms with Gasteiger partial charge in [-0.15, -0.1) is 10.2 Å². The van der Waals surface area contributed by atoms with Crippen LogP contribution in [0.2, 0.25) is 0 Å². The van der Waals surface area contributed by atoms with Crippen molar-refractivity contribution in [2.45, 2.75) is 13.3 Å². The average Bonchev–Trinajstić information content (AvgIpc) is 2.37. The molecular formula is C11H17N5O5S. The molecule has 0 aliphatic heterocycles. The van der Waals surface area contributed by atoms with Gasteiger partial charge in [0.05, 0.1) is 0 Å². The Hall–Kier alpha value is -2.50. The maximum atomic E-state index is 11.3. The normalized spacial score (nSPS) is 10.5. The van der Waals surface area contributed by atoms with E-state index >= 15 is 0 Å². The van der Waals surface area contributed by atoms with Crippen LogP contribution in [0.15, 0.2) is 34.5 Å². The quantitative estimate of drug-likeness (QED) is 0.219. The number of hydrogen-bond acceptors (Lipinski definition) is 5. The number of carbonyl (C=O) groups is 1. The lowest BCUT2D eigenvalue weighted by molar-refractivity contribution is -0.110. The van der Waals surface area contributed by atoms with Gasteiger partial charge in [0.15, 0.2) is 0 Å². The molecule has 11 heteroatoms. The van der Waals surface area contributed by atoms with Crippen molar-refractivity contribution in [1.82, 2.24) is 0 Å². The summed E-state index contributed by atoms with van der Waals surface area (Å²) in [6.45, 7) is 2.06. The number of rotatable bonds is 4. The van der Waals surface area contributed by atoms with E-state index in [4.69, 9.17) is 29.0 Å². The molecule has 0 saturated heterocycles. The Morgan fingerprint density at radius 3 is 2.18 bits per heavy atom. The molecule has 0 atom stereocenters. The van der Waals surface area contributed by atoms with Gasteiger partial charge in [0.1, 0.15) is 6.21 Å². The van der Waals surface area contributed by atoms with Gasteiger partial charge in [-0.2, -0.15) is 8.42 Å². The zero-order valence-electron chi connectivity index (χ0n) is 11.7. The molecule has 122 valence electrons. The average molecular weight is 331 g/mol. The van der Waals surface area contributed by atoms with Gasteiger partial charge in [0, 0.05) is 5.69 Å². The second kappa shape index (κ2) is 9.44. The SMILES string of the molecule is CCc1ccc(NC(=O)/C=N/N=C(N)N)cc1.O=S(=O)(O)O. The Morgan fingerprint density at radius 1 is 1.27 bits per heavy atom. The molecule has 1 aromatic rings. The van der Waals surface area contributed by atoms with Crippen LogP contribution in [0.5, 0.6) is 0 Å². The topological polar surface area (TPSA) is 180 Å². The predicted molar refractivity (Wildman–Crippen MR) is 82.9 cm³/mol. The first-order valence-corrected chi connectivity index (χ1v) is 7.23. The maximum Gasteiger partial charge on any atom is 0.394 e. The van der Waals surface area contributed by atoms with Crippen LogP contribution in [0.3, 0.4) is 0 Å². The lowest BCUT2D eigenvalue weighted by atomic mass is 10.1. The summed E-state index contributed by atoms with van der Waals surface area (Å²) in [6, 6.07) is 7.54. The summed E-state index contributed by atoms with van der Waals surface area (Å²) in [5, 5.41) is 9.34. The standard InChI is InChI=1S/C11H15N5O.H2O4S/c1-2-8-3-5-9(6-4-8)15-10(17)7-14-16-11(12)13;1-5(2,3)4/h3-7H,2H2,1H3,(H,15,17)(H4,12,13,16);(H2,1,2,3,4)/b14-7+;. The highest BCUT2D eigenvalue weighted by Crippen LogP contribution is 2.09. The fourth-order valence-electron chi connectivity index (χ4n) is 1.15. The number of nitrogens with two attached hydrogens (primary N) is 2. The number of anilines is 1. The van der Waals surface area contributed by atoms with E-state index in [1.54, 1.807) is 0 Å². The van der Waals surface area contributed by atoms with Crippen LogP contribution in [-0.2, 0) is 21.6 Å². The first-order valence-electron chi connectivity index (χ1n) is 5.83. The van der Waals surface area contributed by atoms with Gasteiger partial charge in [-0.25, -0.2) is 0 Å². The highest BCUT2D eigenvalue weighted by atomic mass is 32.3. The fraction of sp³-hybridized carbons (Fsp3) is 0.182. The van der Waals surface area contributed by atoms with Crippen molar-refractivity contribution in [3.63, 3.8) is 0 Å². The summed E-state index contributed by atoms with van der Waals surface area (Å²) in [4.78, 5) is 11.3. The van der Waals surface area contributed by atoms with Crippen molar-refractivity contribution in [2.75, 3.05) is 5.32 Å². The van der Waals surface area contributed by atoms with Crippen LogP contribution in [0.4, 0.5) is 5.69 Å². The highest BCUT2D eigenvalue weighted by Gasteiger charge is 1.98. The molecule has 0 aromatic heterocycles. The molecule has 0 aliphatic carbocycles. The van der Waals surface area contributed by atoms with Crippen LogP contribution in [0.1, 0.15) is 12.5 Å². The molecule has 7 N–H and O–H groups in total. The molecule has 0 bridgehead atoms. The number of nitrogens with one attached hydrogen (secondary N) is 1. The lowest BCUT2D eigenvalue weighted by Crippen LogP contribution is -2.22. The molecule has 0 radical (unpaired) electrons. The van der Waals surface area contributed by atoms with E-state index in [0.717, 1.165) is 12.6 Å². The van der Waals surface area contributed by atoms with E-state index < -0.39 is 10.4 Å². The van der Waals surface area contributed by atoms with E-state index in [1.165, 1.54) is 5.56 Å². The van der Waals surface area contributed by atoms with Gasteiger partial charge >= 0.3 is 10.4 Å². The first kappa shape index (κ1) is 19.5. The minimum absolute atomic E-state index is 0.193. The monoisotopic (exact) mass is 331 g/mol. The minimum atomic E-state index is -4.67. The second-order valence-electron chi connectivity index (χ2n) is 3.76. The molecule has 0 spiro atoms. The van der Waals surface area contributed by atoms with E-state index in [2.05, 4.69) is 22.4 Å². The molecule has 1 rings (SSSR count). The van der Waals surface area contributed by atoms with Gasteiger partial charge in [-0.3, -0.25) is 13.9 Å². The van der Waals surface area contributed by atoms with Gasteiger partial charge in [0.2, 0.25) is 5.96 Å². The van der Waals surface area contributed by atoms with Gasteiger partial charge in [-0.05, 0) is 24.1 Å². The largest absolute Gasteiger partial charge is 0.394 e. The number of nitrogens with zero attached hydrogens (tertiary/aromatic N) is 2. The zero-order valence-corrected chi connectivity index (χ0v) is 12.5. The third kappa shape index (κ3) is 12.5. The van der Waals surface area contributed by atoms with E-state index in [1.807, 2.05) is 24.3 Å². The van der Waals surface area contributed by atoms with Crippen molar-refractivity contribution in [3.8, 4) is 0 Å². The second-order valence-corrected chi connectivity index (χ2v) is 4.65. The zero-order chi connectivity index (χ0) is 17.2. The van der Waals surface area contributed by atoms with Gasteiger partial charge < -0.3 is 16.8 Å². The molecule has 10 nitrogen and oxygen atoms in total. The summed E-state index contributed by atoms with van der Waals surface area (Å²) >= 11 is 0. The van der Waals surface area contributed by atoms with Crippen molar-refractivity contribution < 1.29 is 22.3 Å². The predicted octanol–water partition coefficient (Wildman–Crippen LogP) is -0.206. The molecule has 0 unspecified atom stereocenters. The molecule has 0 fully saturated rings. The van der Waals surface area contributed by atoms with Crippen LogP contribution < -0.4 is 16.8 Å². The van der Waals surface area contributed by atoms with Crippen LogP contribution in [0.25, 0.3) is 0 Å². The summed E-state index contributed by atoms with van der Waals surface area (Å²) in [5.41, 5.74) is 12.0. The maximum absolute atomic E-state index is 11.3. The van der Waals surface area contributed by atoms with Crippen LogP contribution >= 0.6 is 0 Å². The molecule has 0 saturated carbocycles. The Kier molecular flexibility index (Phi) is 8.37. The molecule has 0 heterocycles. The van der Waals surface area contributed by atoms with E-state index in [-0.39, 0.29) is 11.9 Å². The number of guanidine groups is 1. The molecule has 0 aliphatic rings. The van der Waals surface area contributed by atoms with Crippen LogP contribution in [-0.4, -0.2) is 35.6 Å². The lowest BCUT2D eigenvalue weighted by Gasteiger charge is -2.02. The van der Waals surface area contributed by atoms with E-state index in [0.29, 0.717) is 5.69 Å². The van der Waals surface area contributed by atoms with Crippen LogP contribution in [0, 0.1) is 0 Å². The third-order valence-corrected chi connectivity index (χ3v) is 1.98.